The van der Waals surface area contributed by atoms with E-state index in [2.05, 4.69) is 31.9 Å². The lowest BCUT2D eigenvalue weighted by atomic mass is 10.3. The van der Waals surface area contributed by atoms with Gasteiger partial charge in [0.1, 0.15) is 0 Å². The fourth-order valence-electron chi connectivity index (χ4n) is 1.52. The van der Waals surface area contributed by atoms with Crippen molar-refractivity contribution in [2.45, 2.75) is 0 Å². The van der Waals surface area contributed by atoms with Crippen molar-refractivity contribution in [2.75, 3.05) is 0 Å². The van der Waals surface area contributed by atoms with Crippen LogP contribution < -0.4 is 0 Å². The van der Waals surface area contributed by atoms with Gasteiger partial charge in [-0.25, -0.2) is 19.6 Å². The lowest BCUT2D eigenvalue weighted by Gasteiger charge is -1.98. The summed E-state index contributed by atoms with van der Waals surface area (Å²) in [6, 6.07) is 4.60. The van der Waals surface area contributed by atoms with Gasteiger partial charge in [-0.3, -0.25) is 0 Å². The average Bonchev–Trinajstić information content (AvgIpc) is 2.96. The first-order valence-corrected chi connectivity index (χ1v) is 5.77. The van der Waals surface area contributed by atoms with Gasteiger partial charge in [0.2, 0.25) is 11.8 Å². The summed E-state index contributed by atoms with van der Waals surface area (Å²) in [4.78, 5) is 11.6. The maximum Gasteiger partial charge on any atom is 0.212 e. The van der Waals surface area contributed by atoms with Crippen molar-refractivity contribution in [3.63, 3.8) is 0 Å². The molecule has 0 bridgehead atoms. The summed E-state index contributed by atoms with van der Waals surface area (Å²) in [5, 5.41) is 4.14. The number of aromatic nitrogens is 5. The summed E-state index contributed by atoms with van der Waals surface area (Å²) in [5.74, 6) is 5.67. The third-order valence-electron chi connectivity index (χ3n) is 2.44. The minimum absolute atomic E-state index is 0.448. The quantitative estimate of drug-likeness (QED) is 0.495. The zero-order valence-electron chi connectivity index (χ0n) is 10.2. The molecule has 6 heteroatoms. The molecule has 0 fully saturated rings. The lowest BCUT2D eigenvalue weighted by Crippen LogP contribution is -1.95. The van der Waals surface area contributed by atoms with Crippen LogP contribution in [0.2, 0.25) is 0 Å². The van der Waals surface area contributed by atoms with Crippen LogP contribution in [0.1, 0.15) is 11.4 Å². The van der Waals surface area contributed by atoms with Crippen molar-refractivity contribution < 1.29 is 4.39 Å². The van der Waals surface area contributed by atoms with Gasteiger partial charge in [-0.2, -0.15) is 9.49 Å². The van der Waals surface area contributed by atoms with Crippen molar-refractivity contribution >= 4 is 0 Å². The molecule has 20 heavy (non-hydrogen) atoms. The lowest BCUT2D eigenvalue weighted by molar-refractivity contribution is 0.582. The van der Waals surface area contributed by atoms with E-state index in [-0.39, 0.29) is 0 Å². The molecule has 0 saturated carbocycles. The van der Waals surface area contributed by atoms with E-state index in [4.69, 9.17) is 0 Å². The molecule has 0 atom stereocenters. The first kappa shape index (κ1) is 12.0. The summed E-state index contributed by atoms with van der Waals surface area (Å²) in [6.45, 7) is 0. The molecule has 0 aromatic carbocycles. The number of nitrogens with zero attached hydrogens (tertiary/aromatic N) is 5. The Bertz CT molecular complexity index is 769. The zero-order valence-corrected chi connectivity index (χ0v) is 10.2. The Morgan fingerprint density at radius 3 is 2.60 bits per heavy atom. The first-order valence-electron chi connectivity index (χ1n) is 5.77. The highest BCUT2D eigenvalue weighted by Gasteiger charge is 2.00. The van der Waals surface area contributed by atoms with Crippen LogP contribution >= 0.6 is 0 Å². The molecule has 0 N–H and O–H groups in total. The van der Waals surface area contributed by atoms with Gasteiger partial charge in [-0.15, -0.1) is 0 Å². The molecule has 0 spiro atoms. The largest absolute Gasteiger partial charge is 0.238 e. The molecule has 3 rings (SSSR count). The van der Waals surface area contributed by atoms with Gasteiger partial charge in [-0.1, -0.05) is 5.92 Å². The zero-order chi connectivity index (χ0) is 13.8. The van der Waals surface area contributed by atoms with Crippen LogP contribution in [0.15, 0.2) is 49.2 Å². The molecule has 96 valence electrons. The monoisotopic (exact) mass is 265 g/mol. The van der Waals surface area contributed by atoms with E-state index >= 15 is 0 Å². The normalized spacial score (nSPS) is 9.85. The van der Waals surface area contributed by atoms with E-state index in [0.29, 0.717) is 17.1 Å². The highest BCUT2D eigenvalue weighted by Crippen LogP contribution is 2.06. The van der Waals surface area contributed by atoms with E-state index < -0.39 is 5.95 Å². The molecule has 0 saturated heterocycles. The summed E-state index contributed by atoms with van der Waals surface area (Å²) < 4.78 is 14.3. The van der Waals surface area contributed by atoms with Gasteiger partial charge in [0.25, 0.3) is 0 Å². The maximum absolute atomic E-state index is 12.7. The Kier molecular flexibility index (Phi) is 3.17. The van der Waals surface area contributed by atoms with Crippen LogP contribution in [0.5, 0.6) is 0 Å². The number of halogens is 1. The fourth-order valence-corrected chi connectivity index (χ4v) is 1.52. The second-order valence-corrected chi connectivity index (χ2v) is 3.84. The van der Waals surface area contributed by atoms with Gasteiger partial charge in [-0.05, 0) is 24.1 Å². The molecule has 3 aromatic rings. The van der Waals surface area contributed by atoms with Gasteiger partial charge in [0.15, 0.2) is 0 Å². The second kappa shape index (κ2) is 5.28. The Hall–Kier alpha value is -3.07. The fraction of sp³-hybridized carbons (Fsp3) is 0. The molecular formula is C14H8FN5. The Morgan fingerprint density at radius 1 is 1.00 bits per heavy atom. The SMILES string of the molecule is Fc1ccc(-n2cc(C#Cc3ncccn3)cn2)cn1. The van der Waals surface area contributed by atoms with Crippen LogP contribution in [-0.4, -0.2) is 24.7 Å². The summed E-state index contributed by atoms with van der Waals surface area (Å²) in [5.41, 5.74) is 1.37. The van der Waals surface area contributed by atoms with Crippen LogP contribution in [0.4, 0.5) is 4.39 Å². The Labute approximate surface area is 114 Å². The molecule has 3 aromatic heterocycles. The molecule has 5 nitrogen and oxygen atoms in total. The molecule has 0 aliphatic heterocycles. The van der Waals surface area contributed by atoms with E-state index in [9.17, 15) is 4.39 Å². The Morgan fingerprint density at radius 2 is 1.85 bits per heavy atom. The maximum atomic E-state index is 12.7. The number of pyridine rings is 1. The summed E-state index contributed by atoms with van der Waals surface area (Å²) in [7, 11) is 0. The predicted molar refractivity (Wildman–Crippen MR) is 69.3 cm³/mol. The molecule has 0 unspecified atom stereocenters. The minimum Gasteiger partial charge on any atom is -0.238 e. The van der Waals surface area contributed by atoms with Crippen LogP contribution in [0.25, 0.3) is 5.69 Å². The molecule has 0 aliphatic carbocycles. The standard InChI is InChI=1S/C14H8FN5/c15-13-4-3-12(9-18-13)20-10-11(8-19-20)2-5-14-16-6-1-7-17-14/h1,3-4,6-10H. The molecule has 3 heterocycles. The van der Waals surface area contributed by atoms with Gasteiger partial charge >= 0.3 is 0 Å². The van der Waals surface area contributed by atoms with E-state index in [1.54, 1.807) is 41.6 Å². The molecule has 0 radical (unpaired) electrons. The van der Waals surface area contributed by atoms with Gasteiger partial charge < -0.3 is 0 Å². The smallest absolute Gasteiger partial charge is 0.212 e. The molecule has 0 amide bonds. The molecular weight excluding hydrogens is 257 g/mol. The number of hydrogen-bond donors (Lipinski definition) is 0. The van der Waals surface area contributed by atoms with E-state index in [0.717, 1.165) is 0 Å². The van der Waals surface area contributed by atoms with Gasteiger partial charge in [0.05, 0.1) is 23.6 Å². The minimum atomic E-state index is -0.526. The predicted octanol–water partition coefficient (Wildman–Crippen LogP) is 1.60. The van der Waals surface area contributed by atoms with Gasteiger partial charge in [0, 0.05) is 18.6 Å². The summed E-state index contributed by atoms with van der Waals surface area (Å²) >= 11 is 0. The summed E-state index contributed by atoms with van der Waals surface area (Å²) in [6.07, 6.45) is 8.00. The first-order chi connectivity index (χ1) is 9.81. The van der Waals surface area contributed by atoms with E-state index in [1.807, 2.05) is 0 Å². The van der Waals surface area contributed by atoms with Crippen molar-refractivity contribution in [3.8, 4) is 17.5 Å². The highest BCUT2D eigenvalue weighted by atomic mass is 19.1. The van der Waals surface area contributed by atoms with Crippen molar-refractivity contribution in [1.82, 2.24) is 24.7 Å². The van der Waals surface area contributed by atoms with Crippen LogP contribution in [0, 0.1) is 17.8 Å². The van der Waals surface area contributed by atoms with Crippen LogP contribution in [0.3, 0.4) is 0 Å². The second-order valence-electron chi connectivity index (χ2n) is 3.84. The highest BCUT2D eigenvalue weighted by molar-refractivity contribution is 5.37. The third-order valence-corrected chi connectivity index (χ3v) is 2.44. The third kappa shape index (κ3) is 2.67. The average molecular weight is 265 g/mol. The van der Waals surface area contributed by atoms with Crippen molar-refractivity contribution in [2.24, 2.45) is 0 Å². The van der Waals surface area contributed by atoms with Crippen molar-refractivity contribution in [3.05, 3.63) is 66.5 Å². The van der Waals surface area contributed by atoms with Crippen molar-refractivity contribution in [1.29, 1.82) is 0 Å². The number of rotatable bonds is 1. The number of hydrogen-bond acceptors (Lipinski definition) is 4. The topological polar surface area (TPSA) is 56.5 Å². The van der Waals surface area contributed by atoms with E-state index in [1.165, 1.54) is 12.3 Å². The Balaban J connectivity index is 1.84. The van der Waals surface area contributed by atoms with Crippen LogP contribution in [-0.2, 0) is 0 Å². The molecule has 0 aliphatic rings.